The molecule has 25 heavy (non-hydrogen) atoms. The third-order valence-corrected chi connectivity index (χ3v) is 6.47. The predicted molar refractivity (Wildman–Crippen MR) is 98.1 cm³/mol. The second-order valence-electron chi connectivity index (χ2n) is 6.36. The van der Waals surface area contributed by atoms with Gasteiger partial charge in [0.1, 0.15) is 17.7 Å². The van der Waals surface area contributed by atoms with Gasteiger partial charge in [0.2, 0.25) is 0 Å². The molecule has 1 aromatic heterocycles. The molecule has 0 spiro atoms. The van der Waals surface area contributed by atoms with Crippen molar-refractivity contribution in [3.63, 3.8) is 0 Å². The maximum absolute atomic E-state index is 12.7. The van der Waals surface area contributed by atoms with Crippen molar-refractivity contribution >= 4 is 43.9 Å². The molecule has 0 aliphatic carbocycles. The third kappa shape index (κ3) is 2.82. The number of fused-ring (bicyclic) bond motifs is 3. The van der Waals surface area contributed by atoms with Gasteiger partial charge in [-0.25, -0.2) is 0 Å². The number of hydrogen-bond donors (Lipinski definition) is 3. The summed E-state index contributed by atoms with van der Waals surface area (Å²) in [5.41, 5.74) is 2.53. The van der Waals surface area contributed by atoms with Crippen molar-refractivity contribution in [1.82, 2.24) is 5.32 Å². The molecule has 0 saturated carbocycles. The summed E-state index contributed by atoms with van der Waals surface area (Å²) in [5.74, 6) is -0.110. The topological polar surface area (TPSA) is 88.7 Å². The minimum Gasteiger partial charge on any atom is -0.353 e. The molecular weight excluding hydrogens is 408 g/mol. The molecule has 4 rings (SSSR count). The highest BCUT2D eigenvalue weighted by atomic mass is 79.9. The Morgan fingerprint density at radius 2 is 2.20 bits per heavy atom. The Morgan fingerprint density at radius 1 is 1.40 bits per heavy atom. The van der Waals surface area contributed by atoms with Crippen molar-refractivity contribution in [2.75, 3.05) is 18.9 Å². The maximum Gasteiger partial charge on any atom is 0.283 e. The van der Waals surface area contributed by atoms with Gasteiger partial charge in [0.25, 0.3) is 11.6 Å². The fraction of sp³-hybridized carbons (Fsp3) is 0.312. The average Bonchev–Trinajstić information content (AvgIpc) is 2.92. The minimum atomic E-state index is -0.475. The van der Waals surface area contributed by atoms with E-state index in [1.807, 2.05) is 0 Å². The SMILES string of the molecule is C[NH+]1CCc2c(sc3c2C(=O)N[C@H](c2ccc(Br)c([N+](=O)[O-])c2)N3)C1. The van der Waals surface area contributed by atoms with E-state index in [9.17, 15) is 14.9 Å². The lowest BCUT2D eigenvalue weighted by atomic mass is 10.0. The first kappa shape index (κ1) is 16.5. The Labute approximate surface area is 156 Å². The molecule has 1 unspecified atom stereocenters. The van der Waals surface area contributed by atoms with Crippen LogP contribution >= 0.6 is 27.3 Å². The number of carbonyl (C=O) groups excluding carboxylic acids is 1. The molecule has 3 heterocycles. The van der Waals surface area contributed by atoms with Crippen LogP contribution in [0.5, 0.6) is 0 Å². The monoisotopic (exact) mass is 423 g/mol. The number of nitro groups is 1. The summed E-state index contributed by atoms with van der Waals surface area (Å²) in [5, 5.41) is 18.3. The number of benzene rings is 1. The molecule has 0 fully saturated rings. The van der Waals surface area contributed by atoms with Gasteiger partial charge in [0, 0.05) is 18.1 Å². The van der Waals surface area contributed by atoms with Crippen LogP contribution in [-0.4, -0.2) is 24.4 Å². The minimum absolute atomic E-state index is 0.0185. The van der Waals surface area contributed by atoms with E-state index >= 15 is 0 Å². The zero-order valence-electron chi connectivity index (χ0n) is 13.4. The van der Waals surface area contributed by atoms with Crippen molar-refractivity contribution in [1.29, 1.82) is 0 Å². The molecular formula is C16H16BrN4O3S+. The number of hydrogen-bond acceptors (Lipinski definition) is 5. The van der Waals surface area contributed by atoms with Gasteiger partial charge in [-0.1, -0.05) is 6.07 Å². The lowest BCUT2D eigenvalue weighted by molar-refractivity contribution is -0.895. The normalized spacial score (nSPS) is 21.8. The van der Waals surface area contributed by atoms with Crippen LogP contribution in [0.3, 0.4) is 0 Å². The Hall–Kier alpha value is -1.97. The molecule has 130 valence electrons. The van der Waals surface area contributed by atoms with Gasteiger partial charge in [-0.15, -0.1) is 11.3 Å². The Bertz CT molecular complexity index is 898. The first-order valence-corrected chi connectivity index (χ1v) is 9.52. The number of carbonyl (C=O) groups is 1. The van der Waals surface area contributed by atoms with Crippen molar-refractivity contribution in [2.24, 2.45) is 0 Å². The fourth-order valence-corrected chi connectivity index (χ4v) is 5.13. The number of nitrogens with one attached hydrogen (secondary N) is 3. The largest absolute Gasteiger partial charge is 0.353 e. The van der Waals surface area contributed by atoms with Crippen molar-refractivity contribution < 1.29 is 14.6 Å². The standard InChI is InChI=1S/C16H15BrN4O3S/c1-20-5-4-9-12(7-20)25-16-13(9)15(22)18-14(19-16)8-2-3-10(17)11(6-8)21(23)24/h2-3,6,14,19H,4-5,7H2,1H3,(H,18,22)/p+1/t14-/m0/s1. The van der Waals surface area contributed by atoms with Crippen LogP contribution in [0.1, 0.15) is 32.5 Å². The van der Waals surface area contributed by atoms with Crippen LogP contribution in [0.25, 0.3) is 0 Å². The number of nitro benzene ring substituents is 1. The number of halogens is 1. The van der Waals surface area contributed by atoms with E-state index in [1.54, 1.807) is 23.5 Å². The average molecular weight is 424 g/mol. The molecule has 9 heteroatoms. The third-order valence-electron chi connectivity index (χ3n) is 4.63. The molecule has 0 saturated heterocycles. The number of thiophene rings is 1. The van der Waals surface area contributed by atoms with E-state index in [0.29, 0.717) is 10.0 Å². The Kier molecular flexibility index (Phi) is 4.01. The zero-order valence-corrected chi connectivity index (χ0v) is 15.8. The van der Waals surface area contributed by atoms with Crippen LogP contribution in [0.2, 0.25) is 0 Å². The number of anilines is 1. The summed E-state index contributed by atoms with van der Waals surface area (Å²) < 4.78 is 0.418. The van der Waals surface area contributed by atoms with E-state index in [4.69, 9.17) is 0 Å². The number of quaternary nitrogens is 1. The number of amides is 1. The van der Waals surface area contributed by atoms with Crippen LogP contribution in [-0.2, 0) is 13.0 Å². The number of likely N-dealkylation sites (N-methyl/N-ethyl adjacent to an activating group) is 1. The van der Waals surface area contributed by atoms with Gasteiger partial charge in [0.15, 0.2) is 0 Å². The van der Waals surface area contributed by atoms with Gasteiger partial charge >= 0.3 is 0 Å². The van der Waals surface area contributed by atoms with Crippen LogP contribution in [0, 0.1) is 10.1 Å². The number of rotatable bonds is 2. The summed E-state index contributed by atoms with van der Waals surface area (Å²) in [6.45, 7) is 1.95. The fourth-order valence-electron chi connectivity index (χ4n) is 3.35. The van der Waals surface area contributed by atoms with E-state index in [-0.39, 0.29) is 11.6 Å². The molecule has 3 N–H and O–H groups in total. The molecule has 0 radical (unpaired) electrons. The lowest BCUT2D eigenvalue weighted by Gasteiger charge is -2.27. The van der Waals surface area contributed by atoms with E-state index in [2.05, 4.69) is 33.6 Å². The van der Waals surface area contributed by atoms with Gasteiger partial charge in [-0.2, -0.15) is 0 Å². The highest BCUT2D eigenvalue weighted by Crippen LogP contribution is 2.39. The highest BCUT2D eigenvalue weighted by Gasteiger charge is 2.34. The van der Waals surface area contributed by atoms with Gasteiger partial charge in [-0.05, 0) is 27.6 Å². The number of nitrogens with zero attached hydrogens (tertiary/aromatic N) is 1. The molecule has 2 aromatic rings. The van der Waals surface area contributed by atoms with E-state index in [1.165, 1.54) is 15.8 Å². The summed E-state index contributed by atoms with van der Waals surface area (Å²) >= 11 is 4.81. The molecule has 1 aromatic carbocycles. The first-order valence-electron chi connectivity index (χ1n) is 7.91. The van der Waals surface area contributed by atoms with E-state index < -0.39 is 11.1 Å². The summed E-state index contributed by atoms with van der Waals surface area (Å²) in [6.07, 6.45) is 0.424. The van der Waals surface area contributed by atoms with Crippen LogP contribution in [0.4, 0.5) is 10.7 Å². The molecule has 1 amide bonds. The van der Waals surface area contributed by atoms with Crippen molar-refractivity contribution in [3.8, 4) is 0 Å². The molecule has 0 bridgehead atoms. The second kappa shape index (κ2) is 6.08. The Balaban J connectivity index is 1.69. The van der Waals surface area contributed by atoms with Crippen molar-refractivity contribution in [2.45, 2.75) is 19.1 Å². The quantitative estimate of drug-likeness (QED) is 0.507. The zero-order chi connectivity index (χ0) is 17.7. The summed E-state index contributed by atoms with van der Waals surface area (Å²) in [7, 11) is 2.15. The van der Waals surface area contributed by atoms with Gasteiger partial charge in [0.05, 0.1) is 33.4 Å². The molecule has 7 nitrogen and oxygen atoms in total. The molecule has 2 atom stereocenters. The molecule has 2 aliphatic rings. The Morgan fingerprint density at radius 3 is 2.96 bits per heavy atom. The van der Waals surface area contributed by atoms with Gasteiger partial charge in [-0.3, -0.25) is 14.9 Å². The molecule has 2 aliphatic heterocycles. The van der Waals surface area contributed by atoms with Gasteiger partial charge < -0.3 is 15.5 Å². The summed E-state index contributed by atoms with van der Waals surface area (Å²) in [4.78, 5) is 26.1. The smallest absolute Gasteiger partial charge is 0.283 e. The maximum atomic E-state index is 12.7. The first-order chi connectivity index (χ1) is 11.9. The summed E-state index contributed by atoms with van der Waals surface area (Å²) in [6, 6.07) is 4.89. The van der Waals surface area contributed by atoms with Crippen LogP contribution in [0.15, 0.2) is 22.7 Å². The second-order valence-corrected chi connectivity index (χ2v) is 8.32. The highest BCUT2D eigenvalue weighted by molar-refractivity contribution is 9.10. The van der Waals surface area contributed by atoms with E-state index in [0.717, 1.165) is 35.6 Å². The predicted octanol–water partition coefficient (Wildman–Crippen LogP) is 1.84. The van der Waals surface area contributed by atoms with Crippen molar-refractivity contribution in [3.05, 3.63) is 54.4 Å². The van der Waals surface area contributed by atoms with Crippen LogP contribution < -0.4 is 15.5 Å². The lowest BCUT2D eigenvalue weighted by Crippen LogP contribution is -3.08.